The Balaban J connectivity index is 1.42. The van der Waals surface area contributed by atoms with Crippen molar-refractivity contribution in [2.24, 2.45) is 0 Å². The maximum Gasteiger partial charge on any atom is 0.315 e. The van der Waals surface area contributed by atoms with Crippen LogP contribution in [0.3, 0.4) is 0 Å². The smallest absolute Gasteiger partial charge is 0.315 e. The van der Waals surface area contributed by atoms with Gasteiger partial charge in [0.15, 0.2) is 0 Å². The van der Waals surface area contributed by atoms with Crippen molar-refractivity contribution in [2.75, 3.05) is 13.1 Å². The summed E-state index contributed by atoms with van der Waals surface area (Å²) in [6, 6.07) is 6.88. The van der Waals surface area contributed by atoms with E-state index in [0.29, 0.717) is 31.0 Å². The van der Waals surface area contributed by atoms with E-state index < -0.39 is 0 Å². The van der Waals surface area contributed by atoms with Crippen LogP contribution in [0.2, 0.25) is 0 Å². The van der Waals surface area contributed by atoms with Crippen LogP contribution in [-0.2, 0) is 6.54 Å². The molecule has 0 radical (unpaired) electrons. The molecule has 0 saturated carbocycles. The van der Waals surface area contributed by atoms with Crippen LogP contribution in [0, 0.1) is 0 Å². The van der Waals surface area contributed by atoms with Gasteiger partial charge in [-0.2, -0.15) is 0 Å². The summed E-state index contributed by atoms with van der Waals surface area (Å²) in [6.45, 7) is 1.62. The molecular formula is C17H20N4O3. The van der Waals surface area contributed by atoms with E-state index in [1.165, 1.54) is 0 Å². The van der Waals surface area contributed by atoms with Crippen molar-refractivity contribution in [1.82, 2.24) is 20.5 Å². The van der Waals surface area contributed by atoms with Gasteiger partial charge in [0.2, 0.25) is 0 Å². The number of carbonyl (C=O) groups excluding carboxylic acids is 2. The van der Waals surface area contributed by atoms with Gasteiger partial charge in [-0.3, -0.25) is 9.78 Å². The molecule has 0 atom stereocenters. The van der Waals surface area contributed by atoms with Crippen LogP contribution < -0.4 is 10.6 Å². The van der Waals surface area contributed by atoms with Gasteiger partial charge in [0.25, 0.3) is 5.91 Å². The Morgan fingerprint density at radius 1 is 1.21 bits per heavy atom. The molecule has 0 spiro atoms. The van der Waals surface area contributed by atoms with Gasteiger partial charge in [0.1, 0.15) is 5.76 Å². The summed E-state index contributed by atoms with van der Waals surface area (Å²) in [5.41, 5.74) is 0.646. The third-order valence-electron chi connectivity index (χ3n) is 4.05. The Morgan fingerprint density at radius 2 is 1.96 bits per heavy atom. The van der Waals surface area contributed by atoms with Gasteiger partial charge >= 0.3 is 6.03 Å². The fraction of sp³-hybridized carbons (Fsp3) is 0.353. The highest BCUT2D eigenvalue weighted by atomic mass is 16.3. The number of aromatic nitrogens is 1. The number of nitrogens with one attached hydrogen (secondary N) is 2. The molecule has 3 rings (SSSR count). The third-order valence-corrected chi connectivity index (χ3v) is 4.05. The third kappa shape index (κ3) is 4.13. The fourth-order valence-corrected chi connectivity index (χ4v) is 2.72. The number of hydrogen-bond acceptors (Lipinski definition) is 4. The average molecular weight is 328 g/mol. The van der Waals surface area contributed by atoms with E-state index in [-0.39, 0.29) is 18.0 Å². The van der Waals surface area contributed by atoms with Gasteiger partial charge in [-0.1, -0.05) is 0 Å². The van der Waals surface area contributed by atoms with E-state index in [1.54, 1.807) is 36.9 Å². The Morgan fingerprint density at radius 3 is 2.62 bits per heavy atom. The predicted molar refractivity (Wildman–Crippen MR) is 87.2 cm³/mol. The van der Waals surface area contributed by atoms with Gasteiger partial charge in [-0.15, -0.1) is 0 Å². The van der Waals surface area contributed by atoms with E-state index in [0.717, 1.165) is 12.8 Å². The van der Waals surface area contributed by atoms with Crippen molar-refractivity contribution < 1.29 is 14.0 Å². The minimum absolute atomic E-state index is 0.0121. The van der Waals surface area contributed by atoms with Crippen LogP contribution in [0.1, 0.15) is 29.0 Å². The van der Waals surface area contributed by atoms with Gasteiger partial charge in [-0.25, -0.2) is 4.79 Å². The second-order valence-corrected chi connectivity index (χ2v) is 5.71. The highest BCUT2D eigenvalue weighted by Crippen LogP contribution is 2.13. The van der Waals surface area contributed by atoms with E-state index in [2.05, 4.69) is 15.6 Å². The van der Waals surface area contributed by atoms with Crippen LogP contribution >= 0.6 is 0 Å². The highest BCUT2D eigenvalue weighted by molar-refractivity contribution is 5.94. The van der Waals surface area contributed by atoms with Gasteiger partial charge in [0.05, 0.1) is 12.8 Å². The largest absolute Gasteiger partial charge is 0.467 e. The van der Waals surface area contributed by atoms with E-state index in [9.17, 15) is 9.59 Å². The summed E-state index contributed by atoms with van der Waals surface area (Å²) >= 11 is 0. The summed E-state index contributed by atoms with van der Waals surface area (Å²) in [4.78, 5) is 30.0. The SMILES string of the molecule is O=C(NCc1ccco1)NC1CCN(C(=O)c2ccncc2)CC1. The molecule has 1 aliphatic rings. The quantitative estimate of drug-likeness (QED) is 0.895. The van der Waals surface area contributed by atoms with Gasteiger partial charge in [-0.05, 0) is 37.1 Å². The number of amides is 3. The lowest BCUT2D eigenvalue weighted by molar-refractivity contribution is 0.0708. The van der Waals surface area contributed by atoms with Crippen molar-refractivity contribution in [3.8, 4) is 0 Å². The van der Waals surface area contributed by atoms with Gasteiger partial charge in [0, 0.05) is 37.1 Å². The zero-order valence-corrected chi connectivity index (χ0v) is 13.3. The topological polar surface area (TPSA) is 87.5 Å². The number of carbonyl (C=O) groups is 2. The Labute approximate surface area is 140 Å². The van der Waals surface area contributed by atoms with Crippen molar-refractivity contribution in [3.63, 3.8) is 0 Å². The number of furan rings is 1. The predicted octanol–water partition coefficient (Wildman–Crippen LogP) is 1.78. The van der Waals surface area contributed by atoms with E-state index in [1.807, 2.05) is 11.0 Å². The van der Waals surface area contributed by atoms with Crippen LogP contribution in [-0.4, -0.2) is 41.0 Å². The molecule has 1 fully saturated rings. The molecular weight excluding hydrogens is 308 g/mol. The Kier molecular flexibility index (Phi) is 5.10. The number of rotatable bonds is 4. The summed E-state index contributed by atoms with van der Waals surface area (Å²) < 4.78 is 5.17. The zero-order valence-electron chi connectivity index (χ0n) is 13.3. The highest BCUT2D eigenvalue weighted by Gasteiger charge is 2.24. The number of likely N-dealkylation sites (tertiary alicyclic amines) is 1. The number of hydrogen-bond donors (Lipinski definition) is 2. The normalized spacial score (nSPS) is 15.1. The van der Waals surface area contributed by atoms with Crippen LogP contribution in [0.15, 0.2) is 47.3 Å². The second kappa shape index (κ2) is 7.63. The lowest BCUT2D eigenvalue weighted by atomic mass is 10.0. The van der Waals surface area contributed by atoms with E-state index >= 15 is 0 Å². The lowest BCUT2D eigenvalue weighted by Crippen LogP contribution is -2.49. The molecule has 126 valence electrons. The Bertz CT molecular complexity index is 664. The molecule has 3 amide bonds. The first kappa shape index (κ1) is 16.0. The summed E-state index contributed by atoms with van der Waals surface area (Å²) in [7, 11) is 0. The molecule has 1 saturated heterocycles. The first-order valence-corrected chi connectivity index (χ1v) is 7.98. The monoisotopic (exact) mass is 328 g/mol. The van der Waals surface area contributed by atoms with Crippen molar-refractivity contribution >= 4 is 11.9 Å². The summed E-state index contributed by atoms with van der Waals surface area (Å²) in [5.74, 6) is 0.723. The molecule has 3 heterocycles. The molecule has 7 nitrogen and oxygen atoms in total. The van der Waals surface area contributed by atoms with Crippen molar-refractivity contribution in [3.05, 3.63) is 54.2 Å². The number of pyridine rings is 1. The molecule has 0 unspecified atom stereocenters. The fourth-order valence-electron chi connectivity index (χ4n) is 2.72. The number of urea groups is 1. The lowest BCUT2D eigenvalue weighted by Gasteiger charge is -2.32. The minimum Gasteiger partial charge on any atom is -0.467 e. The van der Waals surface area contributed by atoms with E-state index in [4.69, 9.17) is 4.42 Å². The molecule has 0 bridgehead atoms. The maximum absolute atomic E-state index is 12.4. The maximum atomic E-state index is 12.4. The average Bonchev–Trinajstić information content (AvgIpc) is 3.14. The molecule has 2 aromatic rings. The zero-order chi connectivity index (χ0) is 16.8. The molecule has 7 heteroatoms. The number of piperidine rings is 1. The number of nitrogens with zero attached hydrogens (tertiary/aromatic N) is 2. The molecule has 2 aromatic heterocycles. The molecule has 0 aromatic carbocycles. The Hall–Kier alpha value is -2.83. The van der Waals surface area contributed by atoms with Crippen molar-refractivity contribution in [1.29, 1.82) is 0 Å². The minimum atomic E-state index is -0.217. The molecule has 0 aliphatic carbocycles. The molecule has 24 heavy (non-hydrogen) atoms. The van der Waals surface area contributed by atoms with Crippen molar-refractivity contribution in [2.45, 2.75) is 25.4 Å². The van der Waals surface area contributed by atoms with Gasteiger partial charge < -0.3 is 20.0 Å². The summed E-state index contributed by atoms with van der Waals surface area (Å²) in [6.07, 6.45) is 6.29. The van der Waals surface area contributed by atoms with Crippen LogP contribution in [0.5, 0.6) is 0 Å². The first-order chi connectivity index (χ1) is 11.7. The molecule has 1 aliphatic heterocycles. The standard InChI is InChI=1S/C17H20N4O3/c22-16(13-3-7-18-8-4-13)21-9-5-14(6-10-21)20-17(23)19-12-15-2-1-11-24-15/h1-4,7-8,11,14H,5-6,9-10,12H2,(H2,19,20,23). The molecule has 2 N–H and O–H groups in total. The van der Waals surface area contributed by atoms with Crippen LogP contribution in [0.4, 0.5) is 4.79 Å². The first-order valence-electron chi connectivity index (χ1n) is 7.98. The van der Waals surface area contributed by atoms with Crippen LogP contribution in [0.25, 0.3) is 0 Å². The summed E-state index contributed by atoms with van der Waals surface area (Å²) in [5, 5.41) is 5.70. The second-order valence-electron chi connectivity index (χ2n) is 5.71.